The first-order valence-electron chi connectivity index (χ1n) is 5.31. The van der Waals surface area contributed by atoms with E-state index in [0.717, 1.165) is 4.72 Å². The topological polar surface area (TPSA) is 104 Å². The molecule has 0 aromatic rings. The van der Waals surface area contributed by atoms with Gasteiger partial charge in [-0.25, -0.2) is 4.79 Å². The number of rotatable bonds is 6. The minimum absolute atomic E-state index is 0.826. The molecule has 3 N–H and O–H groups in total. The molecule has 0 aromatic carbocycles. The number of amides is 1. The van der Waals surface area contributed by atoms with E-state index < -0.39 is 16.4 Å². The third-order valence-electron chi connectivity index (χ3n) is 1.67. The minimum Gasteiger partial charge on any atom is -0.464 e. The van der Waals surface area contributed by atoms with Gasteiger partial charge < -0.3 is 5.11 Å². The Morgan fingerprint density at radius 1 is 1.06 bits per heavy atom. The van der Waals surface area contributed by atoms with E-state index in [-0.39, 0.29) is 0 Å². The molecule has 7 heteroatoms. The third kappa shape index (κ3) is 23.2. The predicted molar refractivity (Wildman–Crippen MR) is 61.8 cm³/mol. The van der Waals surface area contributed by atoms with E-state index in [9.17, 15) is 13.2 Å². The van der Waals surface area contributed by atoms with Gasteiger partial charge in [0.2, 0.25) is 0 Å². The molecule has 0 aliphatic heterocycles. The molecule has 0 saturated heterocycles. The van der Waals surface area contributed by atoms with Crippen LogP contribution in [0.3, 0.4) is 0 Å². The fourth-order valence-corrected chi connectivity index (χ4v) is 1.18. The Bertz CT molecular complexity index is 257. The molecule has 0 radical (unpaired) electrons. The fraction of sp³-hybridized carbons (Fsp3) is 0.889. The molecule has 0 rings (SSSR count). The monoisotopic (exact) mass is 255 g/mol. The SMILES string of the molecule is CCCCCCCC.O=C(O)NS(=O)(=O)O. The zero-order valence-corrected chi connectivity index (χ0v) is 10.6. The average Bonchev–Trinajstić information content (AvgIpc) is 2.09. The second-order valence-corrected chi connectivity index (χ2v) is 4.45. The maximum Gasteiger partial charge on any atom is 0.420 e. The molecule has 0 fully saturated rings. The van der Waals surface area contributed by atoms with Crippen molar-refractivity contribution in [2.75, 3.05) is 0 Å². The Morgan fingerprint density at radius 3 is 1.56 bits per heavy atom. The molecule has 0 bridgehead atoms. The second kappa shape index (κ2) is 10.7. The molecule has 0 aliphatic rings. The third-order valence-corrected chi connectivity index (χ3v) is 2.11. The van der Waals surface area contributed by atoms with Gasteiger partial charge >= 0.3 is 16.4 Å². The van der Waals surface area contributed by atoms with Crippen molar-refractivity contribution in [3.05, 3.63) is 0 Å². The summed E-state index contributed by atoms with van der Waals surface area (Å²) in [6.45, 7) is 4.51. The Morgan fingerprint density at radius 2 is 1.44 bits per heavy atom. The van der Waals surface area contributed by atoms with E-state index in [0.29, 0.717) is 0 Å². The van der Waals surface area contributed by atoms with Gasteiger partial charge in [-0.3, -0.25) is 4.55 Å². The van der Waals surface area contributed by atoms with Gasteiger partial charge in [-0.15, -0.1) is 0 Å². The molecular formula is C9H21NO5S. The van der Waals surface area contributed by atoms with Crippen LogP contribution in [-0.4, -0.2) is 24.2 Å². The van der Waals surface area contributed by atoms with Crippen LogP contribution in [0.2, 0.25) is 0 Å². The lowest BCUT2D eigenvalue weighted by atomic mass is 10.1. The van der Waals surface area contributed by atoms with E-state index in [1.54, 1.807) is 0 Å². The Kier molecular flexibility index (Phi) is 11.7. The number of hydrogen-bond donors (Lipinski definition) is 3. The average molecular weight is 255 g/mol. The fourth-order valence-electron chi connectivity index (χ4n) is 0.964. The van der Waals surface area contributed by atoms with Gasteiger partial charge in [0, 0.05) is 0 Å². The van der Waals surface area contributed by atoms with Crippen LogP contribution < -0.4 is 4.72 Å². The van der Waals surface area contributed by atoms with E-state index >= 15 is 0 Å². The van der Waals surface area contributed by atoms with Crippen LogP contribution in [0.25, 0.3) is 0 Å². The molecule has 1 amide bonds. The van der Waals surface area contributed by atoms with Crippen molar-refractivity contribution in [2.45, 2.75) is 52.4 Å². The molecule has 98 valence electrons. The van der Waals surface area contributed by atoms with Crippen molar-refractivity contribution in [3.8, 4) is 0 Å². The van der Waals surface area contributed by atoms with Gasteiger partial charge in [-0.05, 0) is 0 Å². The van der Waals surface area contributed by atoms with Crippen molar-refractivity contribution < 1.29 is 22.9 Å². The zero-order valence-electron chi connectivity index (χ0n) is 9.77. The maximum atomic E-state index is 9.51. The van der Waals surface area contributed by atoms with E-state index in [2.05, 4.69) is 13.8 Å². The van der Waals surface area contributed by atoms with Crippen LogP contribution in [0, 0.1) is 0 Å². The normalized spacial score (nSPS) is 10.2. The molecule has 0 atom stereocenters. The number of carbonyl (C=O) groups is 1. The summed E-state index contributed by atoms with van der Waals surface area (Å²) in [4.78, 5) is 9.36. The summed E-state index contributed by atoms with van der Waals surface area (Å²) < 4.78 is 27.5. The molecular weight excluding hydrogens is 234 g/mol. The lowest BCUT2D eigenvalue weighted by Crippen LogP contribution is -2.27. The molecule has 0 aromatic heterocycles. The van der Waals surface area contributed by atoms with Gasteiger partial charge in [-0.1, -0.05) is 52.4 Å². The first-order valence-corrected chi connectivity index (χ1v) is 6.75. The molecule has 0 saturated carbocycles. The largest absolute Gasteiger partial charge is 0.464 e. The van der Waals surface area contributed by atoms with Crippen molar-refractivity contribution in [1.29, 1.82) is 0 Å². The minimum atomic E-state index is -4.57. The highest BCUT2D eigenvalue weighted by atomic mass is 32.2. The summed E-state index contributed by atoms with van der Waals surface area (Å²) in [6.07, 6.45) is 6.68. The number of nitrogens with one attached hydrogen (secondary N) is 1. The van der Waals surface area contributed by atoms with Gasteiger partial charge in [0.05, 0.1) is 0 Å². The van der Waals surface area contributed by atoms with Crippen molar-refractivity contribution in [3.63, 3.8) is 0 Å². The van der Waals surface area contributed by atoms with Gasteiger partial charge in [0.25, 0.3) is 0 Å². The first kappa shape index (κ1) is 17.6. The summed E-state index contributed by atoms with van der Waals surface area (Å²) in [7, 11) is -4.57. The van der Waals surface area contributed by atoms with Crippen LogP contribution in [0.1, 0.15) is 52.4 Å². The second-order valence-electron chi connectivity index (χ2n) is 3.30. The van der Waals surface area contributed by atoms with Gasteiger partial charge in [0.1, 0.15) is 0 Å². The molecule has 0 spiro atoms. The highest BCUT2D eigenvalue weighted by molar-refractivity contribution is 7.84. The summed E-state index contributed by atoms with van der Waals surface area (Å²) in [5, 5.41) is 7.60. The first-order chi connectivity index (χ1) is 7.33. The number of hydrogen-bond acceptors (Lipinski definition) is 3. The summed E-state index contributed by atoms with van der Waals surface area (Å²) in [6, 6.07) is 0. The summed E-state index contributed by atoms with van der Waals surface area (Å²) in [5.41, 5.74) is 0. The van der Waals surface area contributed by atoms with Gasteiger partial charge in [0.15, 0.2) is 0 Å². The lowest BCUT2D eigenvalue weighted by Gasteiger charge is -1.93. The van der Waals surface area contributed by atoms with Gasteiger partial charge in [-0.2, -0.15) is 13.1 Å². The summed E-state index contributed by atoms with van der Waals surface area (Å²) in [5.74, 6) is 0. The van der Waals surface area contributed by atoms with Crippen molar-refractivity contribution in [2.24, 2.45) is 0 Å². The van der Waals surface area contributed by atoms with Crippen LogP contribution >= 0.6 is 0 Å². The highest BCUT2D eigenvalue weighted by Crippen LogP contribution is 2.03. The van der Waals surface area contributed by atoms with Crippen LogP contribution in [-0.2, 0) is 10.3 Å². The zero-order chi connectivity index (χ0) is 13.0. The standard InChI is InChI=1S/C8H18.CH3NO5S/c1-3-5-7-8-6-4-2;3-1(4)2-8(5,6)7/h3-8H2,1-2H3;2H,(H,3,4)(H,5,6,7). The number of unbranched alkanes of at least 4 members (excludes halogenated alkanes) is 5. The molecule has 0 aliphatic carbocycles. The Labute approximate surface area is 96.9 Å². The lowest BCUT2D eigenvalue weighted by molar-refractivity contribution is 0.200. The van der Waals surface area contributed by atoms with Crippen LogP contribution in [0.5, 0.6) is 0 Å². The Hall–Kier alpha value is -0.820. The van der Waals surface area contributed by atoms with E-state index in [4.69, 9.17) is 9.66 Å². The van der Waals surface area contributed by atoms with Crippen molar-refractivity contribution >= 4 is 16.4 Å². The number of carboxylic acid groups (broad SMARTS) is 1. The smallest absolute Gasteiger partial charge is 0.420 e. The highest BCUT2D eigenvalue weighted by Gasteiger charge is 2.05. The molecule has 6 nitrogen and oxygen atoms in total. The molecule has 0 unspecified atom stereocenters. The van der Waals surface area contributed by atoms with Crippen LogP contribution in [0.15, 0.2) is 0 Å². The quantitative estimate of drug-likeness (QED) is 0.499. The molecule has 16 heavy (non-hydrogen) atoms. The van der Waals surface area contributed by atoms with E-state index in [1.807, 2.05) is 0 Å². The predicted octanol–water partition coefficient (Wildman–Crippen LogP) is 2.42. The maximum absolute atomic E-state index is 9.51. The molecule has 0 heterocycles. The van der Waals surface area contributed by atoms with Crippen molar-refractivity contribution in [1.82, 2.24) is 4.72 Å². The van der Waals surface area contributed by atoms with E-state index in [1.165, 1.54) is 38.5 Å². The van der Waals surface area contributed by atoms with Crippen LogP contribution in [0.4, 0.5) is 4.79 Å². The summed E-state index contributed by atoms with van der Waals surface area (Å²) >= 11 is 0. The Balaban J connectivity index is 0.